The molecule has 1 aromatic carbocycles. The third-order valence-corrected chi connectivity index (χ3v) is 3.36. The molecule has 1 aromatic heterocycles. The standard InChI is InChI=1S/C14H15N3O3/c1-8-6-12(17-20-8)15-14(19)16-13-10-5-3-2-4-9(10)7-11(13)18/h2-6,11,13,18H,7H2,1H3,(H2,15,16,17,19)/t11-,13+/m1/s1. The average Bonchev–Trinajstić information content (AvgIpc) is 2.94. The summed E-state index contributed by atoms with van der Waals surface area (Å²) in [6.07, 6.45) is -0.0679. The van der Waals surface area contributed by atoms with Crippen molar-refractivity contribution in [2.45, 2.75) is 25.5 Å². The molecule has 0 spiro atoms. The predicted molar refractivity (Wildman–Crippen MR) is 72.3 cm³/mol. The number of aromatic nitrogens is 1. The number of rotatable bonds is 2. The van der Waals surface area contributed by atoms with Crippen LogP contribution in [0, 0.1) is 6.92 Å². The first-order chi connectivity index (χ1) is 9.63. The van der Waals surface area contributed by atoms with Gasteiger partial charge in [-0.3, -0.25) is 5.32 Å². The van der Waals surface area contributed by atoms with Crippen molar-refractivity contribution in [1.29, 1.82) is 0 Å². The Morgan fingerprint density at radius 2 is 2.25 bits per heavy atom. The van der Waals surface area contributed by atoms with Crippen molar-refractivity contribution >= 4 is 11.8 Å². The molecule has 0 unspecified atom stereocenters. The number of nitrogens with one attached hydrogen (secondary N) is 2. The Kier molecular flexibility index (Phi) is 3.15. The maximum atomic E-state index is 11.9. The smallest absolute Gasteiger partial charge is 0.321 e. The summed E-state index contributed by atoms with van der Waals surface area (Å²) in [5.74, 6) is 0.965. The van der Waals surface area contributed by atoms with Crippen molar-refractivity contribution in [3.8, 4) is 0 Å². The van der Waals surface area contributed by atoms with Crippen LogP contribution in [0.15, 0.2) is 34.9 Å². The van der Waals surface area contributed by atoms with Gasteiger partial charge in [-0.2, -0.15) is 0 Å². The summed E-state index contributed by atoms with van der Waals surface area (Å²) in [5.41, 5.74) is 2.01. The molecule has 6 heteroatoms. The van der Waals surface area contributed by atoms with Crippen molar-refractivity contribution in [1.82, 2.24) is 10.5 Å². The van der Waals surface area contributed by atoms with Crippen molar-refractivity contribution in [3.05, 3.63) is 47.2 Å². The molecule has 3 N–H and O–H groups in total. The number of anilines is 1. The normalized spacial score (nSPS) is 20.5. The lowest BCUT2D eigenvalue weighted by atomic mass is 10.1. The number of aryl methyl sites for hydroxylation is 1. The highest BCUT2D eigenvalue weighted by Gasteiger charge is 2.31. The number of carbonyl (C=O) groups excluding carboxylic acids is 1. The highest BCUT2D eigenvalue weighted by Crippen LogP contribution is 2.31. The zero-order chi connectivity index (χ0) is 14.1. The Labute approximate surface area is 115 Å². The van der Waals surface area contributed by atoms with Crippen LogP contribution in [-0.4, -0.2) is 22.4 Å². The van der Waals surface area contributed by atoms with Gasteiger partial charge in [-0.15, -0.1) is 0 Å². The minimum absolute atomic E-state index is 0.348. The number of hydrogen-bond donors (Lipinski definition) is 3. The molecule has 0 saturated carbocycles. The maximum absolute atomic E-state index is 11.9. The van der Waals surface area contributed by atoms with Gasteiger partial charge in [0.2, 0.25) is 0 Å². The number of aliphatic hydroxyl groups excluding tert-OH is 1. The van der Waals surface area contributed by atoms with Crippen LogP contribution in [0.2, 0.25) is 0 Å². The fraction of sp³-hybridized carbons (Fsp3) is 0.286. The Morgan fingerprint density at radius 1 is 1.45 bits per heavy atom. The van der Waals surface area contributed by atoms with Crippen molar-refractivity contribution in [3.63, 3.8) is 0 Å². The van der Waals surface area contributed by atoms with Crippen molar-refractivity contribution in [2.24, 2.45) is 0 Å². The Morgan fingerprint density at radius 3 is 3.00 bits per heavy atom. The average molecular weight is 273 g/mol. The van der Waals surface area contributed by atoms with Gasteiger partial charge in [-0.05, 0) is 18.1 Å². The van der Waals surface area contributed by atoms with Gasteiger partial charge >= 0.3 is 6.03 Å². The number of fused-ring (bicyclic) bond motifs is 1. The van der Waals surface area contributed by atoms with Crippen LogP contribution in [0.1, 0.15) is 22.9 Å². The van der Waals surface area contributed by atoms with Crippen molar-refractivity contribution in [2.75, 3.05) is 5.32 Å². The summed E-state index contributed by atoms with van der Waals surface area (Å²) in [7, 11) is 0. The van der Waals surface area contributed by atoms with E-state index in [-0.39, 0.29) is 0 Å². The lowest BCUT2D eigenvalue weighted by molar-refractivity contribution is 0.144. The van der Waals surface area contributed by atoms with Crippen LogP contribution in [0.4, 0.5) is 10.6 Å². The predicted octanol–water partition coefficient (Wildman–Crippen LogP) is 1.76. The van der Waals surface area contributed by atoms with E-state index in [4.69, 9.17) is 4.52 Å². The van der Waals surface area contributed by atoms with E-state index >= 15 is 0 Å². The van der Waals surface area contributed by atoms with Gasteiger partial charge in [-0.1, -0.05) is 29.4 Å². The summed E-state index contributed by atoms with van der Waals surface area (Å²) in [4.78, 5) is 11.9. The lowest BCUT2D eigenvalue weighted by Crippen LogP contribution is -2.36. The molecule has 1 aliphatic carbocycles. The monoisotopic (exact) mass is 273 g/mol. The molecule has 0 saturated heterocycles. The molecule has 0 aliphatic heterocycles. The molecule has 2 atom stereocenters. The fourth-order valence-electron chi connectivity index (χ4n) is 2.47. The second-order valence-electron chi connectivity index (χ2n) is 4.87. The fourth-order valence-corrected chi connectivity index (χ4v) is 2.47. The SMILES string of the molecule is Cc1cc(NC(=O)N[C@H]2c3ccccc3C[C@H]2O)no1. The summed E-state index contributed by atoms with van der Waals surface area (Å²) in [5, 5.41) is 19.1. The van der Waals surface area contributed by atoms with E-state index in [0.717, 1.165) is 11.1 Å². The number of carbonyl (C=O) groups is 1. The van der Waals surface area contributed by atoms with Crippen molar-refractivity contribution < 1.29 is 14.4 Å². The first-order valence-corrected chi connectivity index (χ1v) is 6.40. The van der Waals surface area contributed by atoms with Gasteiger partial charge in [0.05, 0.1) is 12.1 Å². The molecule has 1 aliphatic rings. The number of urea groups is 1. The number of amides is 2. The highest BCUT2D eigenvalue weighted by molar-refractivity contribution is 5.88. The van der Waals surface area contributed by atoms with Gasteiger partial charge in [0.25, 0.3) is 0 Å². The molecule has 6 nitrogen and oxygen atoms in total. The van der Waals surface area contributed by atoms with E-state index in [1.54, 1.807) is 13.0 Å². The highest BCUT2D eigenvalue weighted by atomic mass is 16.5. The molecule has 0 bridgehead atoms. The topological polar surface area (TPSA) is 87.4 Å². The second-order valence-corrected chi connectivity index (χ2v) is 4.87. The zero-order valence-corrected chi connectivity index (χ0v) is 11.0. The lowest BCUT2D eigenvalue weighted by Gasteiger charge is -2.17. The van der Waals surface area contributed by atoms with Gasteiger partial charge in [0, 0.05) is 12.5 Å². The molecule has 2 aromatic rings. The van der Waals surface area contributed by atoms with Crippen LogP contribution in [0.3, 0.4) is 0 Å². The van der Waals surface area contributed by atoms with Crippen LogP contribution >= 0.6 is 0 Å². The third kappa shape index (κ3) is 2.37. The van der Waals surface area contributed by atoms with E-state index in [2.05, 4.69) is 15.8 Å². The van der Waals surface area contributed by atoms with Gasteiger partial charge in [0.15, 0.2) is 5.82 Å². The molecule has 20 heavy (non-hydrogen) atoms. The minimum atomic E-state index is -0.614. The zero-order valence-electron chi connectivity index (χ0n) is 11.0. The quantitative estimate of drug-likeness (QED) is 0.778. The number of nitrogens with zero attached hydrogens (tertiary/aromatic N) is 1. The molecule has 2 amide bonds. The first kappa shape index (κ1) is 12.7. The van der Waals surface area contributed by atoms with Gasteiger partial charge in [-0.25, -0.2) is 4.79 Å². The Hall–Kier alpha value is -2.34. The van der Waals surface area contributed by atoms with Gasteiger partial charge in [0.1, 0.15) is 5.76 Å². The van der Waals surface area contributed by atoms with Crippen LogP contribution < -0.4 is 10.6 Å². The van der Waals surface area contributed by atoms with E-state index < -0.39 is 18.2 Å². The molecular weight excluding hydrogens is 258 g/mol. The molecule has 3 rings (SSSR count). The maximum Gasteiger partial charge on any atom is 0.321 e. The molecule has 1 heterocycles. The van der Waals surface area contributed by atoms with Gasteiger partial charge < -0.3 is 14.9 Å². The Balaban J connectivity index is 1.70. The first-order valence-electron chi connectivity index (χ1n) is 6.40. The number of aliphatic hydroxyl groups is 1. The Bertz CT molecular complexity index is 638. The minimum Gasteiger partial charge on any atom is -0.390 e. The van der Waals surface area contributed by atoms with E-state index in [1.165, 1.54) is 0 Å². The molecule has 104 valence electrons. The molecule has 0 fully saturated rings. The number of hydrogen-bond acceptors (Lipinski definition) is 4. The van der Waals surface area contributed by atoms with Crippen LogP contribution in [-0.2, 0) is 6.42 Å². The van der Waals surface area contributed by atoms with E-state index in [9.17, 15) is 9.90 Å². The van der Waals surface area contributed by atoms with E-state index in [0.29, 0.717) is 18.0 Å². The summed E-state index contributed by atoms with van der Waals surface area (Å²) < 4.78 is 4.87. The molecule has 0 radical (unpaired) electrons. The second kappa shape index (κ2) is 4.97. The number of benzene rings is 1. The van der Waals surface area contributed by atoms with E-state index in [1.807, 2.05) is 24.3 Å². The van der Waals surface area contributed by atoms with Crippen LogP contribution in [0.5, 0.6) is 0 Å². The largest absolute Gasteiger partial charge is 0.390 e. The van der Waals surface area contributed by atoms with Crippen LogP contribution in [0.25, 0.3) is 0 Å². The summed E-state index contributed by atoms with van der Waals surface area (Å²) >= 11 is 0. The molecular formula is C14H15N3O3. The summed E-state index contributed by atoms with van der Waals surface area (Å²) in [6, 6.07) is 8.49. The summed E-state index contributed by atoms with van der Waals surface area (Å²) in [6.45, 7) is 1.74. The third-order valence-electron chi connectivity index (χ3n) is 3.36.